The van der Waals surface area contributed by atoms with Gasteiger partial charge in [-0.05, 0) is 25.0 Å². The number of oxime groups is 1. The van der Waals surface area contributed by atoms with E-state index in [4.69, 9.17) is 10.6 Å². The van der Waals surface area contributed by atoms with Crippen molar-refractivity contribution in [3.8, 4) is 0 Å². The Morgan fingerprint density at radius 3 is 2.35 bits per heavy atom. The maximum Gasteiger partial charge on any atom is 0.335 e. The lowest BCUT2D eigenvalue weighted by molar-refractivity contribution is -0.384. The molecular weight excluding hydrogens is 404 g/mol. The van der Waals surface area contributed by atoms with Crippen molar-refractivity contribution in [1.29, 1.82) is 0 Å². The Labute approximate surface area is 177 Å². The number of nitro benzene ring substituents is 1. The number of hydrogen-bond donors (Lipinski definition) is 1. The highest BCUT2D eigenvalue weighted by Gasteiger charge is 2.34. The van der Waals surface area contributed by atoms with Crippen LogP contribution in [-0.2, 0) is 9.63 Å². The number of imide groups is 1. The summed E-state index contributed by atoms with van der Waals surface area (Å²) in [5.41, 5.74) is 6.64. The van der Waals surface area contributed by atoms with Gasteiger partial charge in [0.1, 0.15) is 0 Å². The van der Waals surface area contributed by atoms with Crippen molar-refractivity contribution in [2.75, 3.05) is 6.54 Å². The summed E-state index contributed by atoms with van der Waals surface area (Å²) < 4.78 is 0. The molecule has 1 aliphatic heterocycles. The van der Waals surface area contributed by atoms with Gasteiger partial charge >= 0.3 is 5.97 Å². The lowest BCUT2D eigenvalue weighted by atomic mass is 10.1. The Morgan fingerprint density at radius 1 is 1.03 bits per heavy atom. The maximum atomic E-state index is 12.3. The Morgan fingerprint density at radius 2 is 1.71 bits per heavy atom. The molecule has 0 spiro atoms. The Hall–Kier alpha value is -4.08. The summed E-state index contributed by atoms with van der Waals surface area (Å²) in [4.78, 5) is 52.5. The fourth-order valence-electron chi connectivity index (χ4n) is 3.14. The van der Waals surface area contributed by atoms with Crippen molar-refractivity contribution in [2.24, 2.45) is 10.9 Å². The largest absolute Gasteiger partial charge is 0.380 e. The molecule has 1 aliphatic rings. The van der Waals surface area contributed by atoms with Crippen LogP contribution < -0.4 is 5.73 Å². The van der Waals surface area contributed by atoms with E-state index in [1.807, 2.05) is 0 Å². The van der Waals surface area contributed by atoms with Crippen LogP contribution in [0.4, 0.5) is 5.69 Å². The Kier molecular flexibility index (Phi) is 6.71. The van der Waals surface area contributed by atoms with Crippen LogP contribution in [0.5, 0.6) is 0 Å². The number of carbonyl (C=O) groups excluding carboxylic acids is 3. The molecule has 10 heteroatoms. The van der Waals surface area contributed by atoms with Crippen molar-refractivity contribution < 1.29 is 24.1 Å². The van der Waals surface area contributed by atoms with Gasteiger partial charge in [-0.1, -0.05) is 35.8 Å². The van der Waals surface area contributed by atoms with E-state index in [1.165, 1.54) is 29.2 Å². The van der Waals surface area contributed by atoms with Gasteiger partial charge in [0.05, 0.1) is 16.1 Å². The first-order chi connectivity index (χ1) is 14.9. The number of hydrogen-bond acceptors (Lipinski definition) is 7. The zero-order valence-electron chi connectivity index (χ0n) is 16.5. The number of amidine groups is 1. The van der Waals surface area contributed by atoms with Crippen LogP contribution in [0.3, 0.4) is 0 Å². The fourth-order valence-corrected chi connectivity index (χ4v) is 3.14. The third-order valence-electron chi connectivity index (χ3n) is 4.74. The third kappa shape index (κ3) is 5.10. The SMILES string of the molecule is N/C(=N\OC(=O)CCCCCN1C(=O)c2ccccc2C1=O)c1cccc([N+](=O)[O-])c1. The molecule has 10 nitrogen and oxygen atoms in total. The van der Waals surface area contributed by atoms with Crippen molar-refractivity contribution >= 4 is 29.3 Å². The quantitative estimate of drug-likeness (QED) is 0.124. The number of nitrogens with two attached hydrogens (primary N) is 1. The summed E-state index contributed by atoms with van der Waals surface area (Å²) in [5, 5.41) is 14.3. The molecule has 1 heterocycles. The highest BCUT2D eigenvalue weighted by atomic mass is 16.7. The second-order valence-electron chi connectivity index (χ2n) is 6.87. The van der Waals surface area contributed by atoms with E-state index in [0.717, 1.165) is 0 Å². The molecule has 0 fully saturated rings. The second-order valence-corrected chi connectivity index (χ2v) is 6.87. The monoisotopic (exact) mass is 424 g/mol. The van der Waals surface area contributed by atoms with Crippen LogP contribution in [0.15, 0.2) is 53.7 Å². The number of unbranched alkanes of at least 4 members (excludes halogenated alkanes) is 2. The molecule has 0 saturated carbocycles. The van der Waals surface area contributed by atoms with Gasteiger partial charge in [-0.2, -0.15) is 0 Å². The number of nitro groups is 1. The molecule has 31 heavy (non-hydrogen) atoms. The van der Waals surface area contributed by atoms with Crippen molar-refractivity contribution in [3.63, 3.8) is 0 Å². The minimum atomic E-state index is -0.603. The van der Waals surface area contributed by atoms with Gasteiger partial charge in [0.25, 0.3) is 17.5 Å². The van der Waals surface area contributed by atoms with Crippen LogP contribution in [0, 0.1) is 10.1 Å². The first-order valence-electron chi connectivity index (χ1n) is 9.62. The number of carbonyl (C=O) groups is 3. The Balaban J connectivity index is 1.40. The molecular formula is C21H20N4O6. The van der Waals surface area contributed by atoms with Gasteiger partial charge in [0, 0.05) is 30.7 Å². The van der Waals surface area contributed by atoms with E-state index < -0.39 is 10.9 Å². The van der Waals surface area contributed by atoms with Crippen molar-refractivity contribution in [2.45, 2.75) is 25.7 Å². The van der Waals surface area contributed by atoms with E-state index in [0.29, 0.717) is 30.4 Å². The number of amides is 2. The lowest BCUT2D eigenvalue weighted by Gasteiger charge is -2.13. The molecule has 0 radical (unpaired) electrons. The van der Waals surface area contributed by atoms with Crippen LogP contribution in [0.2, 0.25) is 0 Å². The zero-order chi connectivity index (χ0) is 22.4. The van der Waals surface area contributed by atoms with Gasteiger partial charge in [0.2, 0.25) is 0 Å². The minimum Gasteiger partial charge on any atom is -0.380 e. The molecule has 2 aromatic carbocycles. The predicted octanol–water partition coefficient (Wildman–Crippen LogP) is 2.61. The minimum absolute atomic E-state index is 0.0772. The molecule has 0 atom stereocenters. The van der Waals surface area contributed by atoms with Crippen molar-refractivity contribution in [3.05, 3.63) is 75.3 Å². The van der Waals surface area contributed by atoms with Gasteiger partial charge < -0.3 is 10.6 Å². The number of non-ortho nitro benzene ring substituents is 1. The molecule has 3 rings (SSSR count). The van der Waals surface area contributed by atoms with Crippen molar-refractivity contribution in [1.82, 2.24) is 4.90 Å². The van der Waals surface area contributed by atoms with E-state index in [9.17, 15) is 24.5 Å². The topological polar surface area (TPSA) is 145 Å². The summed E-state index contributed by atoms with van der Waals surface area (Å²) in [5.74, 6) is -1.35. The third-order valence-corrected chi connectivity index (χ3v) is 4.74. The summed E-state index contributed by atoms with van der Waals surface area (Å²) in [7, 11) is 0. The maximum absolute atomic E-state index is 12.3. The van der Waals surface area contributed by atoms with E-state index in [2.05, 4.69) is 5.16 Å². The van der Waals surface area contributed by atoms with E-state index >= 15 is 0 Å². The number of benzene rings is 2. The smallest absolute Gasteiger partial charge is 0.335 e. The average molecular weight is 424 g/mol. The van der Waals surface area contributed by atoms with Crippen LogP contribution in [0.25, 0.3) is 0 Å². The fraction of sp³-hybridized carbons (Fsp3) is 0.238. The number of nitrogens with zero attached hydrogens (tertiary/aromatic N) is 3. The van der Waals surface area contributed by atoms with Gasteiger partial charge in [-0.25, -0.2) is 4.79 Å². The predicted molar refractivity (Wildman–Crippen MR) is 110 cm³/mol. The standard InChI is InChI=1S/C21H20N4O6/c22-19(14-7-6-8-15(13-14)25(29)30)23-31-18(26)11-2-1-5-12-24-20(27)16-9-3-4-10-17(16)21(24)28/h3-4,6-10,13H,1-2,5,11-12H2,(H2,22,23). The second kappa shape index (κ2) is 9.61. The highest BCUT2D eigenvalue weighted by Crippen LogP contribution is 2.22. The lowest BCUT2D eigenvalue weighted by Crippen LogP contribution is -2.30. The summed E-state index contributed by atoms with van der Waals surface area (Å²) in [6, 6.07) is 12.2. The number of rotatable bonds is 9. The Bertz CT molecular complexity index is 1030. The molecule has 0 bridgehead atoms. The molecule has 0 aliphatic carbocycles. The average Bonchev–Trinajstić information content (AvgIpc) is 3.02. The molecule has 0 saturated heterocycles. The highest BCUT2D eigenvalue weighted by molar-refractivity contribution is 6.21. The molecule has 2 N–H and O–H groups in total. The number of fused-ring (bicyclic) bond motifs is 1. The first-order valence-corrected chi connectivity index (χ1v) is 9.62. The van der Waals surface area contributed by atoms with Crippen LogP contribution in [0.1, 0.15) is 52.0 Å². The summed E-state index contributed by atoms with van der Waals surface area (Å²) >= 11 is 0. The summed E-state index contributed by atoms with van der Waals surface area (Å²) in [6.07, 6.45) is 1.71. The van der Waals surface area contributed by atoms with E-state index in [-0.39, 0.29) is 41.9 Å². The first kappa shape index (κ1) is 21.6. The molecule has 0 aromatic heterocycles. The zero-order valence-corrected chi connectivity index (χ0v) is 16.5. The molecule has 0 unspecified atom stereocenters. The van der Waals surface area contributed by atoms with Crippen LogP contribution >= 0.6 is 0 Å². The molecule has 160 valence electrons. The molecule has 2 aromatic rings. The van der Waals surface area contributed by atoms with Crippen LogP contribution in [-0.4, -0.2) is 40.0 Å². The van der Waals surface area contributed by atoms with Gasteiger partial charge in [-0.3, -0.25) is 24.6 Å². The normalized spacial score (nSPS) is 13.3. The van der Waals surface area contributed by atoms with Gasteiger partial charge in [0.15, 0.2) is 5.84 Å². The van der Waals surface area contributed by atoms with E-state index in [1.54, 1.807) is 24.3 Å². The molecule has 2 amide bonds. The van der Waals surface area contributed by atoms with Gasteiger partial charge in [-0.15, -0.1) is 0 Å². The summed E-state index contributed by atoms with van der Waals surface area (Å²) in [6.45, 7) is 0.277.